The van der Waals surface area contributed by atoms with E-state index in [1.165, 1.54) is 12.8 Å². The molecule has 0 amide bonds. The van der Waals surface area contributed by atoms with Gasteiger partial charge < -0.3 is 14.5 Å². The Balaban J connectivity index is 1.50. The number of halogens is 1. The molecular formula is C20H25ClN4O. The summed E-state index contributed by atoms with van der Waals surface area (Å²) in [5.41, 5.74) is 1.15. The van der Waals surface area contributed by atoms with Crippen molar-refractivity contribution in [3.8, 4) is 0 Å². The highest BCUT2D eigenvalue weighted by molar-refractivity contribution is 6.30. The van der Waals surface area contributed by atoms with Gasteiger partial charge in [0, 0.05) is 37.3 Å². The third kappa shape index (κ3) is 3.94. The quantitative estimate of drug-likeness (QED) is 0.816. The van der Waals surface area contributed by atoms with Gasteiger partial charge in [-0.15, -0.1) is 0 Å². The molecule has 0 aliphatic carbocycles. The molecule has 2 atom stereocenters. The molecule has 2 aromatic rings. The highest BCUT2D eigenvalue weighted by Crippen LogP contribution is 2.28. The van der Waals surface area contributed by atoms with Crippen molar-refractivity contribution in [1.29, 1.82) is 0 Å². The van der Waals surface area contributed by atoms with Crippen LogP contribution in [0.2, 0.25) is 5.02 Å². The molecule has 2 aliphatic heterocycles. The predicted octanol–water partition coefficient (Wildman–Crippen LogP) is 3.94. The van der Waals surface area contributed by atoms with Gasteiger partial charge in [0.25, 0.3) is 0 Å². The summed E-state index contributed by atoms with van der Waals surface area (Å²) in [6.45, 7) is 6.79. The fourth-order valence-electron chi connectivity index (χ4n) is 3.82. The first kappa shape index (κ1) is 17.6. The van der Waals surface area contributed by atoms with E-state index in [9.17, 15) is 0 Å². The van der Waals surface area contributed by atoms with E-state index in [-0.39, 0.29) is 6.10 Å². The van der Waals surface area contributed by atoms with E-state index in [1.54, 1.807) is 6.33 Å². The van der Waals surface area contributed by atoms with Gasteiger partial charge in [0.15, 0.2) is 0 Å². The van der Waals surface area contributed by atoms with Crippen LogP contribution in [-0.4, -0.2) is 42.8 Å². The van der Waals surface area contributed by atoms with Crippen LogP contribution in [0.3, 0.4) is 0 Å². The number of rotatable bonds is 3. The zero-order chi connectivity index (χ0) is 17.9. The predicted molar refractivity (Wildman–Crippen MR) is 105 cm³/mol. The summed E-state index contributed by atoms with van der Waals surface area (Å²) in [5.74, 6) is 2.74. The molecule has 5 nitrogen and oxygen atoms in total. The van der Waals surface area contributed by atoms with Gasteiger partial charge in [-0.05, 0) is 36.5 Å². The van der Waals surface area contributed by atoms with Gasteiger partial charge >= 0.3 is 0 Å². The summed E-state index contributed by atoms with van der Waals surface area (Å²) in [4.78, 5) is 13.7. The molecule has 1 aromatic heterocycles. The van der Waals surface area contributed by atoms with Crippen LogP contribution in [0.5, 0.6) is 0 Å². The van der Waals surface area contributed by atoms with E-state index in [0.29, 0.717) is 6.61 Å². The maximum atomic E-state index is 6.00. The van der Waals surface area contributed by atoms with Crippen molar-refractivity contribution in [3.05, 3.63) is 47.2 Å². The SMILES string of the molecule is CC1CCCN(c2cc(N3CCOC(c4ccc(Cl)cc4)C3)ncn2)C1. The topological polar surface area (TPSA) is 41.5 Å². The standard InChI is InChI=1S/C20H25ClN4O/c1-15-3-2-8-24(12-15)19-11-20(23-14-22-19)25-9-10-26-18(13-25)16-4-6-17(21)7-5-16/h4-7,11,14-15,18H,2-3,8-10,12-13H2,1H3. The van der Waals surface area contributed by atoms with Gasteiger partial charge in [-0.25, -0.2) is 9.97 Å². The molecule has 0 N–H and O–H groups in total. The minimum Gasteiger partial charge on any atom is -0.370 e. The van der Waals surface area contributed by atoms with Crippen molar-refractivity contribution in [2.24, 2.45) is 5.92 Å². The zero-order valence-corrected chi connectivity index (χ0v) is 15.9. The molecule has 138 valence electrons. The Morgan fingerprint density at radius 1 is 1.04 bits per heavy atom. The van der Waals surface area contributed by atoms with Gasteiger partial charge in [0.1, 0.15) is 24.1 Å². The summed E-state index contributed by atoms with van der Waals surface area (Å²) in [6, 6.07) is 10.0. The number of hydrogen-bond acceptors (Lipinski definition) is 5. The van der Waals surface area contributed by atoms with Crippen molar-refractivity contribution in [3.63, 3.8) is 0 Å². The summed E-state index contributed by atoms with van der Waals surface area (Å²) < 4.78 is 5.98. The van der Waals surface area contributed by atoms with Crippen LogP contribution in [0.15, 0.2) is 36.7 Å². The van der Waals surface area contributed by atoms with Gasteiger partial charge in [0.2, 0.25) is 0 Å². The number of nitrogens with zero attached hydrogens (tertiary/aromatic N) is 4. The third-order valence-electron chi connectivity index (χ3n) is 5.25. The summed E-state index contributed by atoms with van der Waals surface area (Å²) >= 11 is 6.00. The minimum atomic E-state index is 0.0365. The van der Waals surface area contributed by atoms with Crippen LogP contribution in [0.4, 0.5) is 11.6 Å². The Morgan fingerprint density at radius 3 is 2.50 bits per heavy atom. The van der Waals surface area contributed by atoms with Crippen LogP contribution in [-0.2, 0) is 4.74 Å². The number of benzene rings is 1. The number of morpholine rings is 1. The Hall–Kier alpha value is -1.85. The largest absolute Gasteiger partial charge is 0.370 e. The summed E-state index contributed by atoms with van der Waals surface area (Å²) in [7, 11) is 0. The Morgan fingerprint density at radius 2 is 1.77 bits per heavy atom. The first-order chi connectivity index (χ1) is 12.7. The lowest BCUT2D eigenvalue weighted by Gasteiger charge is -2.35. The van der Waals surface area contributed by atoms with Crippen LogP contribution in [0, 0.1) is 5.92 Å². The Bertz CT molecular complexity index is 739. The van der Waals surface area contributed by atoms with Gasteiger partial charge in [0.05, 0.1) is 6.61 Å². The van der Waals surface area contributed by atoms with Gasteiger partial charge in [-0.1, -0.05) is 30.7 Å². The van der Waals surface area contributed by atoms with E-state index < -0.39 is 0 Å². The second-order valence-corrected chi connectivity index (χ2v) is 7.72. The van der Waals surface area contributed by atoms with Crippen molar-refractivity contribution >= 4 is 23.2 Å². The fourth-order valence-corrected chi connectivity index (χ4v) is 3.94. The van der Waals surface area contributed by atoms with Crippen molar-refractivity contribution in [2.75, 3.05) is 42.6 Å². The van der Waals surface area contributed by atoms with Crippen molar-refractivity contribution < 1.29 is 4.74 Å². The molecule has 0 radical (unpaired) electrons. The van der Waals surface area contributed by atoms with E-state index in [2.05, 4.69) is 32.8 Å². The third-order valence-corrected chi connectivity index (χ3v) is 5.50. The van der Waals surface area contributed by atoms with Crippen LogP contribution < -0.4 is 9.80 Å². The van der Waals surface area contributed by atoms with Crippen molar-refractivity contribution in [1.82, 2.24) is 9.97 Å². The number of piperidine rings is 1. The van der Waals surface area contributed by atoms with E-state index in [0.717, 1.165) is 54.3 Å². The molecule has 0 spiro atoms. The minimum absolute atomic E-state index is 0.0365. The van der Waals surface area contributed by atoms with Crippen LogP contribution in [0.25, 0.3) is 0 Å². The van der Waals surface area contributed by atoms with Crippen LogP contribution in [0.1, 0.15) is 31.4 Å². The summed E-state index contributed by atoms with van der Waals surface area (Å²) in [5, 5.41) is 0.748. The number of aromatic nitrogens is 2. The van der Waals surface area contributed by atoms with Crippen LogP contribution >= 0.6 is 11.6 Å². The molecule has 6 heteroatoms. The van der Waals surface area contributed by atoms with Gasteiger partial charge in [-0.3, -0.25) is 0 Å². The molecule has 2 aliphatic rings. The van der Waals surface area contributed by atoms with Gasteiger partial charge in [-0.2, -0.15) is 0 Å². The Labute approximate surface area is 160 Å². The first-order valence-corrected chi connectivity index (χ1v) is 9.76. The molecule has 4 rings (SSSR count). The molecule has 2 fully saturated rings. The second-order valence-electron chi connectivity index (χ2n) is 7.28. The highest BCUT2D eigenvalue weighted by Gasteiger charge is 2.24. The van der Waals surface area contributed by atoms with E-state index >= 15 is 0 Å². The number of ether oxygens (including phenoxy) is 1. The monoisotopic (exact) mass is 372 g/mol. The molecule has 2 unspecified atom stereocenters. The average molecular weight is 373 g/mol. The lowest BCUT2D eigenvalue weighted by atomic mass is 10.0. The second kappa shape index (κ2) is 7.80. The fraction of sp³-hybridized carbons (Fsp3) is 0.500. The smallest absolute Gasteiger partial charge is 0.134 e. The van der Waals surface area contributed by atoms with Crippen molar-refractivity contribution in [2.45, 2.75) is 25.9 Å². The molecule has 1 aromatic carbocycles. The maximum Gasteiger partial charge on any atom is 0.134 e. The molecule has 3 heterocycles. The molecule has 2 saturated heterocycles. The molecule has 0 saturated carbocycles. The lowest BCUT2D eigenvalue weighted by Crippen LogP contribution is -2.39. The first-order valence-electron chi connectivity index (χ1n) is 9.38. The van der Waals surface area contributed by atoms with E-state index in [4.69, 9.17) is 16.3 Å². The molecular weight excluding hydrogens is 348 g/mol. The number of anilines is 2. The maximum absolute atomic E-state index is 6.00. The normalized spacial score (nSPS) is 23.9. The lowest BCUT2D eigenvalue weighted by molar-refractivity contribution is 0.0395. The molecule has 0 bridgehead atoms. The Kier molecular flexibility index (Phi) is 5.27. The zero-order valence-electron chi connectivity index (χ0n) is 15.1. The van der Waals surface area contributed by atoms with E-state index in [1.807, 2.05) is 24.3 Å². The summed E-state index contributed by atoms with van der Waals surface area (Å²) in [6.07, 6.45) is 4.27. The number of hydrogen-bond donors (Lipinski definition) is 0. The highest BCUT2D eigenvalue weighted by atomic mass is 35.5. The average Bonchev–Trinajstić information content (AvgIpc) is 2.69. The molecule has 26 heavy (non-hydrogen) atoms.